The molecule has 2 N–H and O–H groups in total. The Morgan fingerprint density at radius 2 is 2.00 bits per heavy atom. The van der Waals surface area contributed by atoms with Gasteiger partial charge in [0.1, 0.15) is 5.69 Å². The number of halogens is 1. The fourth-order valence-electron chi connectivity index (χ4n) is 4.69. The number of hydrogen-bond acceptors (Lipinski definition) is 6. The van der Waals surface area contributed by atoms with Gasteiger partial charge in [-0.05, 0) is 49.1 Å². The predicted molar refractivity (Wildman–Crippen MR) is 141 cm³/mol. The summed E-state index contributed by atoms with van der Waals surface area (Å²) in [4.78, 5) is 24.4. The number of nitrogens with zero attached hydrogens (tertiary/aromatic N) is 4. The van der Waals surface area contributed by atoms with E-state index >= 15 is 0 Å². The lowest BCUT2D eigenvalue weighted by Gasteiger charge is -2.34. The Bertz CT molecular complexity index is 1190. The van der Waals surface area contributed by atoms with Gasteiger partial charge in [0, 0.05) is 55.3 Å². The number of amides is 1. The number of aryl methyl sites for hydroxylation is 1. The SMILES string of the molecule is CC.Cc1cnc(NC2CCOCC2)nc1-c1cc2n(c1)CCN(C(CO)c1cccc(Cl)c1)C2=O. The van der Waals surface area contributed by atoms with Gasteiger partial charge in [0.25, 0.3) is 5.91 Å². The van der Waals surface area contributed by atoms with E-state index in [-0.39, 0.29) is 12.5 Å². The Labute approximate surface area is 217 Å². The number of nitrogens with one attached hydrogen (secondary N) is 1. The largest absolute Gasteiger partial charge is 0.394 e. The molecule has 1 amide bonds. The fraction of sp³-hybridized carbons (Fsp3) is 0.444. The molecule has 36 heavy (non-hydrogen) atoms. The van der Waals surface area contributed by atoms with Crippen molar-refractivity contribution in [1.82, 2.24) is 19.4 Å². The number of fused-ring (bicyclic) bond motifs is 1. The van der Waals surface area contributed by atoms with Gasteiger partial charge in [0.05, 0.1) is 18.3 Å². The molecule has 0 aliphatic carbocycles. The monoisotopic (exact) mass is 511 g/mol. The van der Waals surface area contributed by atoms with E-state index in [0.29, 0.717) is 35.8 Å². The zero-order valence-corrected chi connectivity index (χ0v) is 21.8. The molecule has 9 heteroatoms. The summed E-state index contributed by atoms with van der Waals surface area (Å²) in [5.74, 6) is 0.467. The minimum Gasteiger partial charge on any atom is -0.394 e. The van der Waals surface area contributed by atoms with E-state index < -0.39 is 6.04 Å². The number of hydrogen-bond donors (Lipinski definition) is 2. The molecule has 5 rings (SSSR count). The first-order chi connectivity index (χ1) is 17.5. The van der Waals surface area contributed by atoms with Crippen molar-refractivity contribution in [2.24, 2.45) is 0 Å². The smallest absolute Gasteiger partial charge is 0.271 e. The molecule has 3 aromatic rings. The standard InChI is InChI=1S/C25H28ClN5O3.C2H6/c1-16-13-27-25(28-20-5-9-34-10-6-20)29-23(16)18-12-21-24(33)31(8-7-30(21)14-18)22(15-32)17-3-2-4-19(26)11-17;1-2/h2-4,11-14,20,22,32H,5-10,15H2,1H3,(H,27,28,29);1-2H3. The molecular weight excluding hydrogens is 478 g/mol. The second kappa shape index (κ2) is 11.9. The third kappa shape index (κ3) is 5.56. The van der Waals surface area contributed by atoms with Crippen molar-refractivity contribution >= 4 is 23.5 Å². The van der Waals surface area contributed by atoms with Crippen molar-refractivity contribution in [3.8, 4) is 11.3 Å². The maximum atomic E-state index is 13.4. The van der Waals surface area contributed by atoms with Crippen LogP contribution in [0.15, 0.2) is 42.7 Å². The van der Waals surface area contributed by atoms with Crippen molar-refractivity contribution in [1.29, 1.82) is 0 Å². The zero-order valence-electron chi connectivity index (χ0n) is 21.1. The normalized spacial score (nSPS) is 16.7. The maximum Gasteiger partial charge on any atom is 0.271 e. The number of benzene rings is 1. The van der Waals surface area contributed by atoms with Crippen molar-refractivity contribution < 1.29 is 14.6 Å². The van der Waals surface area contributed by atoms with Crippen LogP contribution < -0.4 is 5.32 Å². The molecule has 1 atom stereocenters. The number of aliphatic hydroxyl groups excluding tert-OH is 1. The Morgan fingerprint density at radius 3 is 2.72 bits per heavy atom. The number of rotatable bonds is 6. The number of ether oxygens (including phenoxy) is 1. The molecule has 2 aromatic heterocycles. The van der Waals surface area contributed by atoms with Gasteiger partial charge >= 0.3 is 0 Å². The van der Waals surface area contributed by atoms with Crippen molar-refractivity contribution in [3.63, 3.8) is 0 Å². The highest BCUT2D eigenvalue weighted by Crippen LogP contribution is 2.31. The molecule has 0 bridgehead atoms. The van der Waals surface area contributed by atoms with Crippen LogP contribution in [0.4, 0.5) is 5.95 Å². The highest BCUT2D eigenvalue weighted by atomic mass is 35.5. The minimum atomic E-state index is -0.450. The third-order valence-electron chi connectivity index (χ3n) is 6.54. The number of aliphatic hydroxyl groups is 1. The van der Waals surface area contributed by atoms with E-state index in [1.165, 1.54) is 0 Å². The van der Waals surface area contributed by atoms with Crippen LogP contribution in [0.3, 0.4) is 0 Å². The van der Waals surface area contributed by atoms with E-state index in [4.69, 9.17) is 21.3 Å². The van der Waals surface area contributed by atoms with Crippen LogP contribution in [0, 0.1) is 6.92 Å². The van der Waals surface area contributed by atoms with Gasteiger partial charge in [-0.25, -0.2) is 9.97 Å². The molecular formula is C27H34ClN5O3. The molecule has 1 fully saturated rings. The van der Waals surface area contributed by atoms with Crippen LogP contribution in [0.25, 0.3) is 11.3 Å². The van der Waals surface area contributed by atoms with E-state index in [1.807, 2.05) is 55.9 Å². The molecule has 2 aliphatic heterocycles. The molecule has 2 aliphatic rings. The maximum absolute atomic E-state index is 13.4. The summed E-state index contributed by atoms with van der Waals surface area (Å²) in [6.07, 6.45) is 5.65. The zero-order chi connectivity index (χ0) is 25.7. The second-order valence-corrected chi connectivity index (χ2v) is 9.25. The van der Waals surface area contributed by atoms with Gasteiger partial charge in [-0.2, -0.15) is 0 Å². The highest BCUT2D eigenvalue weighted by Gasteiger charge is 2.32. The average molecular weight is 512 g/mol. The Hall–Kier alpha value is -2.94. The molecule has 1 unspecified atom stereocenters. The Kier molecular flexibility index (Phi) is 8.61. The van der Waals surface area contributed by atoms with Crippen molar-refractivity contribution in [3.05, 3.63) is 64.6 Å². The molecule has 8 nitrogen and oxygen atoms in total. The van der Waals surface area contributed by atoms with Crippen LogP contribution >= 0.6 is 11.6 Å². The summed E-state index contributed by atoms with van der Waals surface area (Å²) in [6.45, 7) is 8.41. The quantitative estimate of drug-likeness (QED) is 0.497. The van der Waals surface area contributed by atoms with E-state index in [1.54, 1.807) is 17.0 Å². The topological polar surface area (TPSA) is 92.5 Å². The van der Waals surface area contributed by atoms with Gasteiger partial charge in [-0.1, -0.05) is 37.6 Å². The van der Waals surface area contributed by atoms with E-state index in [2.05, 4.69) is 10.3 Å². The predicted octanol–water partition coefficient (Wildman–Crippen LogP) is 4.71. The summed E-state index contributed by atoms with van der Waals surface area (Å²) in [5.41, 5.74) is 4.03. The Morgan fingerprint density at radius 1 is 1.22 bits per heavy atom. The first kappa shape index (κ1) is 26.1. The molecule has 0 radical (unpaired) electrons. The van der Waals surface area contributed by atoms with Gasteiger partial charge in [0.2, 0.25) is 5.95 Å². The number of anilines is 1. The van der Waals surface area contributed by atoms with Gasteiger partial charge in [0.15, 0.2) is 0 Å². The number of aromatic nitrogens is 3. The lowest BCUT2D eigenvalue weighted by atomic mass is 10.0. The van der Waals surface area contributed by atoms with Crippen molar-refractivity contribution in [2.75, 3.05) is 31.7 Å². The first-order valence-corrected chi connectivity index (χ1v) is 13.0. The highest BCUT2D eigenvalue weighted by molar-refractivity contribution is 6.30. The minimum absolute atomic E-state index is 0.121. The summed E-state index contributed by atoms with van der Waals surface area (Å²) < 4.78 is 7.40. The molecule has 0 spiro atoms. The summed E-state index contributed by atoms with van der Waals surface area (Å²) in [5, 5.41) is 14.1. The lowest BCUT2D eigenvalue weighted by molar-refractivity contribution is 0.0526. The van der Waals surface area contributed by atoms with Gasteiger partial charge in [-0.3, -0.25) is 4.79 Å². The number of carbonyl (C=O) groups is 1. The van der Waals surface area contributed by atoms with E-state index in [9.17, 15) is 9.90 Å². The summed E-state index contributed by atoms with van der Waals surface area (Å²) in [7, 11) is 0. The van der Waals surface area contributed by atoms with Gasteiger partial charge in [-0.15, -0.1) is 0 Å². The summed E-state index contributed by atoms with van der Waals surface area (Å²) >= 11 is 6.15. The first-order valence-electron chi connectivity index (χ1n) is 12.6. The van der Waals surface area contributed by atoms with E-state index in [0.717, 1.165) is 48.4 Å². The molecule has 4 heterocycles. The summed E-state index contributed by atoms with van der Waals surface area (Å²) in [6, 6.07) is 9.03. The van der Waals surface area contributed by atoms with Crippen LogP contribution in [-0.4, -0.2) is 62.9 Å². The van der Waals surface area contributed by atoms with Gasteiger partial charge < -0.3 is 24.6 Å². The molecule has 1 aromatic carbocycles. The molecule has 192 valence electrons. The average Bonchev–Trinajstić information content (AvgIpc) is 3.34. The van der Waals surface area contributed by atoms with Crippen LogP contribution in [0.5, 0.6) is 0 Å². The second-order valence-electron chi connectivity index (χ2n) is 8.82. The molecule has 0 saturated carbocycles. The number of carbonyl (C=O) groups excluding carboxylic acids is 1. The lowest BCUT2D eigenvalue weighted by Crippen LogP contribution is -2.43. The third-order valence-corrected chi connectivity index (χ3v) is 6.78. The van der Waals surface area contributed by atoms with Crippen LogP contribution in [-0.2, 0) is 11.3 Å². The van der Waals surface area contributed by atoms with Crippen molar-refractivity contribution in [2.45, 2.75) is 52.2 Å². The Balaban J connectivity index is 0.00000148. The van der Waals surface area contributed by atoms with Crippen LogP contribution in [0.1, 0.15) is 54.3 Å². The van der Waals surface area contributed by atoms with Crippen LogP contribution in [0.2, 0.25) is 5.02 Å². The fourth-order valence-corrected chi connectivity index (χ4v) is 4.89. The molecule has 1 saturated heterocycles.